The van der Waals surface area contributed by atoms with Crippen molar-refractivity contribution in [2.75, 3.05) is 39.6 Å². The van der Waals surface area contributed by atoms with Crippen molar-refractivity contribution < 1.29 is 19.0 Å². The number of ether oxygens (including phenoxy) is 3. The number of carbonyl (C=O) groups is 1. The van der Waals surface area contributed by atoms with Crippen molar-refractivity contribution in [2.45, 2.75) is 33.1 Å². The van der Waals surface area contributed by atoms with Crippen molar-refractivity contribution >= 4 is 11.9 Å². The molecule has 1 atom stereocenters. The van der Waals surface area contributed by atoms with Gasteiger partial charge in [-0.25, -0.2) is 0 Å². The number of guanidine groups is 1. The number of benzene rings is 1. The van der Waals surface area contributed by atoms with E-state index in [1.54, 1.807) is 0 Å². The SMILES string of the molecule is CCNC(=NCCc1ccc2c(c1)OCO2)N1CCCC(C(=O)OCC)C1. The molecular formula is C20H29N3O4. The molecule has 0 aliphatic carbocycles. The Hall–Kier alpha value is -2.44. The van der Waals surface area contributed by atoms with E-state index in [2.05, 4.69) is 17.1 Å². The summed E-state index contributed by atoms with van der Waals surface area (Å²) in [6, 6.07) is 6.01. The molecule has 1 saturated heterocycles. The summed E-state index contributed by atoms with van der Waals surface area (Å²) in [5.41, 5.74) is 1.17. The smallest absolute Gasteiger partial charge is 0.310 e. The van der Waals surface area contributed by atoms with Crippen LogP contribution in [0.15, 0.2) is 23.2 Å². The van der Waals surface area contributed by atoms with Crippen molar-refractivity contribution in [1.82, 2.24) is 10.2 Å². The summed E-state index contributed by atoms with van der Waals surface area (Å²) in [7, 11) is 0. The van der Waals surface area contributed by atoms with Crippen molar-refractivity contribution in [2.24, 2.45) is 10.9 Å². The van der Waals surface area contributed by atoms with Gasteiger partial charge in [0.15, 0.2) is 17.5 Å². The quantitative estimate of drug-likeness (QED) is 0.467. The van der Waals surface area contributed by atoms with Crippen molar-refractivity contribution in [3.63, 3.8) is 0 Å². The average molecular weight is 375 g/mol. The molecule has 0 bridgehead atoms. The lowest BCUT2D eigenvalue weighted by atomic mass is 9.98. The van der Waals surface area contributed by atoms with E-state index in [0.29, 0.717) is 19.7 Å². The molecule has 1 fully saturated rings. The normalized spacial score (nSPS) is 19.1. The number of rotatable bonds is 6. The van der Waals surface area contributed by atoms with Gasteiger partial charge < -0.3 is 24.4 Å². The van der Waals surface area contributed by atoms with Crippen molar-refractivity contribution in [1.29, 1.82) is 0 Å². The average Bonchev–Trinajstić information content (AvgIpc) is 3.15. The molecule has 148 valence electrons. The van der Waals surface area contributed by atoms with E-state index < -0.39 is 0 Å². The molecule has 0 radical (unpaired) electrons. The lowest BCUT2D eigenvalue weighted by Crippen LogP contribution is -2.48. The first-order valence-corrected chi connectivity index (χ1v) is 9.79. The number of fused-ring (bicyclic) bond motifs is 1. The Morgan fingerprint density at radius 1 is 1.33 bits per heavy atom. The van der Waals surface area contributed by atoms with Gasteiger partial charge in [0, 0.05) is 26.2 Å². The number of esters is 1. The molecule has 0 spiro atoms. The van der Waals surface area contributed by atoms with E-state index in [-0.39, 0.29) is 18.7 Å². The van der Waals surface area contributed by atoms with Crippen molar-refractivity contribution in [3.05, 3.63) is 23.8 Å². The van der Waals surface area contributed by atoms with Gasteiger partial charge in [-0.3, -0.25) is 9.79 Å². The zero-order valence-electron chi connectivity index (χ0n) is 16.2. The van der Waals surface area contributed by atoms with Crippen LogP contribution in [0.3, 0.4) is 0 Å². The number of hydrogen-bond acceptors (Lipinski definition) is 5. The predicted molar refractivity (Wildman–Crippen MR) is 103 cm³/mol. The Balaban J connectivity index is 1.59. The highest BCUT2D eigenvalue weighted by atomic mass is 16.7. The van der Waals surface area contributed by atoms with Crippen LogP contribution in [0.4, 0.5) is 0 Å². The second-order valence-electron chi connectivity index (χ2n) is 6.71. The first-order valence-electron chi connectivity index (χ1n) is 9.79. The van der Waals surface area contributed by atoms with E-state index in [1.165, 1.54) is 5.56 Å². The van der Waals surface area contributed by atoms with Crippen LogP contribution in [0.25, 0.3) is 0 Å². The second-order valence-corrected chi connectivity index (χ2v) is 6.71. The number of likely N-dealkylation sites (tertiary alicyclic amines) is 1. The zero-order chi connectivity index (χ0) is 19.1. The Bertz CT molecular complexity index is 677. The Morgan fingerprint density at radius 2 is 2.19 bits per heavy atom. The third kappa shape index (κ3) is 5.05. The van der Waals surface area contributed by atoms with Gasteiger partial charge in [0.2, 0.25) is 6.79 Å². The van der Waals surface area contributed by atoms with Crippen LogP contribution in [-0.4, -0.2) is 56.4 Å². The molecule has 1 unspecified atom stereocenters. The molecule has 0 amide bonds. The van der Waals surface area contributed by atoms with Gasteiger partial charge in [0.05, 0.1) is 12.5 Å². The van der Waals surface area contributed by atoms with Crippen LogP contribution < -0.4 is 14.8 Å². The molecule has 3 rings (SSSR count). The minimum Gasteiger partial charge on any atom is -0.466 e. The van der Waals surface area contributed by atoms with Gasteiger partial charge in [-0.05, 0) is 50.8 Å². The lowest BCUT2D eigenvalue weighted by molar-refractivity contribution is -0.149. The van der Waals surface area contributed by atoms with Crippen LogP contribution in [0.2, 0.25) is 0 Å². The monoisotopic (exact) mass is 375 g/mol. The number of hydrogen-bond donors (Lipinski definition) is 1. The van der Waals surface area contributed by atoms with Crippen LogP contribution in [-0.2, 0) is 16.0 Å². The molecule has 0 saturated carbocycles. The van der Waals surface area contributed by atoms with Gasteiger partial charge in [-0.2, -0.15) is 0 Å². The van der Waals surface area contributed by atoms with Crippen molar-refractivity contribution in [3.8, 4) is 11.5 Å². The van der Waals surface area contributed by atoms with Gasteiger partial charge in [-0.1, -0.05) is 6.07 Å². The molecule has 7 nitrogen and oxygen atoms in total. The number of piperidine rings is 1. The topological polar surface area (TPSA) is 72.4 Å². The molecule has 1 aromatic carbocycles. The summed E-state index contributed by atoms with van der Waals surface area (Å²) in [6.45, 7) is 7.66. The first-order chi connectivity index (χ1) is 13.2. The molecule has 1 N–H and O–H groups in total. The minimum absolute atomic E-state index is 0.0728. The second kappa shape index (κ2) is 9.48. The number of carbonyl (C=O) groups excluding carboxylic acids is 1. The molecule has 2 aliphatic rings. The summed E-state index contributed by atoms with van der Waals surface area (Å²) in [5, 5.41) is 3.35. The maximum Gasteiger partial charge on any atom is 0.310 e. The van der Waals surface area contributed by atoms with Crippen LogP contribution in [0, 0.1) is 5.92 Å². The number of nitrogens with one attached hydrogen (secondary N) is 1. The standard InChI is InChI=1S/C20H29N3O4/c1-3-21-20(23-11-5-6-16(13-23)19(24)25-4-2)22-10-9-15-7-8-17-18(12-15)27-14-26-17/h7-8,12,16H,3-6,9-11,13-14H2,1-2H3,(H,21,22). The number of nitrogens with zero attached hydrogens (tertiary/aromatic N) is 2. The Kier molecular flexibility index (Phi) is 6.79. The van der Waals surface area contributed by atoms with Gasteiger partial charge >= 0.3 is 5.97 Å². The molecule has 7 heteroatoms. The maximum atomic E-state index is 12.1. The predicted octanol–water partition coefficient (Wildman–Crippen LogP) is 2.20. The largest absolute Gasteiger partial charge is 0.466 e. The summed E-state index contributed by atoms with van der Waals surface area (Å²) in [6.07, 6.45) is 2.67. The summed E-state index contributed by atoms with van der Waals surface area (Å²) >= 11 is 0. The van der Waals surface area contributed by atoms with E-state index in [1.807, 2.05) is 25.1 Å². The van der Waals surface area contributed by atoms with Crippen LogP contribution >= 0.6 is 0 Å². The Labute approximate surface area is 160 Å². The molecule has 27 heavy (non-hydrogen) atoms. The highest BCUT2D eigenvalue weighted by Gasteiger charge is 2.28. The first kappa shape index (κ1) is 19.3. The van der Waals surface area contributed by atoms with E-state index >= 15 is 0 Å². The van der Waals surface area contributed by atoms with Gasteiger partial charge in [-0.15, -0.1) is 0 Å². The summed E-state index contributed by atoms with van der Waals surface area (Å²) < 4.78 is 16.0. The molecule has 1 aromatic rings. The number of aliphatic imine (C=N–C) groups is 1. The lowest BCUT2D eigenvalue weighted by Gasteiger charge is -2.34. The van der Waals surface area contributed by atoms with Crippen LogP contribution in [0.5, 0.6) is 11.5 Å². The summed E-state index contributed by atoms with van der Waals surface area (Å²) in [5.74, 6) is 2.30. The molecule has 2 aliphatic heterocycles. The van der Waals surface area contributed by atoms with E-state index in [9.17, 15) is 4.79 Å². The van der Waals surface area contributed by atoms with Gasteiger partial charge in [0.1, 0.15) is 0 Å². The molecular weight excluding hydrogens is 346 g/mol. The van der Waals surface area contributed by atoms with E-state index in [0.717, 1.165) is 49.8 Å². The van der Waals surface area contributed by atoms with Gasteiger partial charge in [0.25, 0.3) is 0 Å². The fraction of sp³-hybridized carbons (Fsp3) is 0.600. The molecule has 0 aromatic heterocycles. The fourth-order valence-corrected chi connectivity index (χ4v) is 3.44. The summed E-state index contributed by atoms with van der Waals surface area (Å²) in [4.78, 5) is 19.0. The minimum atomic E-state index is -0.0987. The highest BCUT2D eigenvalue weighted by Crippen LogP contribution is 2.32. The van der Waals surface area contributed by atoms with E-state index in [4.69, 9.17) is 19.2 Å². The highest BCUT2D eigenvalue weighted by molar-refractivity contribution is 5.81. The van der Waals surface area contributed by atoms with Crippen LogP contribution in [0.1, 0.15) is 32.3 Å². The third-order valence-electron chi connectivity index (χ3n) is 4.77. The third-order valence-corrected chi connectivity index (χ3v) is 4.77. The Morgan fingerprint density at radius 3 is 3.00 bits per heavy atom. The zero-order valence-corrected chi connectivity index (χ0v) is 16.2. The maximum absolute atomic E-state index is 12.1. The molecule has 2 heterocycles. The fourth-order valence-electron chi connectivity index (χ4n) is 3.44.